The third-order valence-corrected chi connectivity index (χ3v) is 6.44. The molecule has 5 rings (SSSR count). The monoisotopic (exact) mass is 395 g/mol. The van der Waals surface area contributed by atoms with Crippen LogP contribution in [-0.2, 0) is 11.2 Å². The first-order valence-electron chi connectivity index (χ1n) is 10.4. The summed E-state index contributed by atoms with van der Waals surface area (Å²) < 4.78 is 19.6. The molecule has 29 heavy (non-hydrogen) atoms. The van der Waals surface area contributed by atoms with Crippen LogP contribution in [0.25, 0.3) is 0 Å². The second-order valence-electron chi connectivity index (χ2n) is 8.26. The molecule has 0 saturated carbocycles. The molecule has 6 heteroatoms. The van der Waals surface area contributed by atoms with Crippen molar-refractivity contribution < 1.29 is 13.9 Å². The molecule has 3 heterocycles. The van der Waals surface area contributed by atoms with Crippen molar-refractivity contribution in [2.75, 3.05) is 39.3 Å². The van der Waals surface area contributed by atoms with Gasteiger partial charge in [-0.1, -0.05) is 36.4 Å². The highest BCUT2D eigenvalue weighted by molar-refractivity contribution is 5.77. The van der Waals surface area contributed by atoms with Gasteiger partial charge in [0.2, 0.25) is 0 Å². The molecule has 1 N–H and O–H groups in total. The van der Waals surface area contributed by atoms with E-state index >= 15 is 0 Å². The van der Waals surface area contributed by atoms with Crippen molar-refractivity contribution in [2.24, 2.45) is 0 Å². The number of urea groups is 1. The van der Waals surface area contributed by atoms with Gasteiger partial charge in [0.05, 0.1) is 24.8 Å². The Morgan fingerprint density at radius 2 is 1.97 bits per heavy atom. The molecule has 0 aromatic heterocycles. The summed E-state index contributed by atoms with van der Waals surface area (Å²) >= 11 is 0. The van der Waals surface area contributed by atoms with Crippen LogP contribution in [0.5, 0.6) is 0 Å². The maximum Gasteiger partial charge on any atom is 0.320 e. The molecular weight excluding hydrogens is 369 g/mol. The Balaban J connectivity index is 1.45. The number of hydrogen-bond acceptors (Lipinski definition) is 3. The Kier molecular flexibility index (Phi) is 4.76. The summed E-state index contributed by atoms with van der Waals surface area (Å²) in [5.74, 6) is -0.265. The fourth-order valence-corrected chi connectivity index (χ4v) is 4.94. The van der Waals surface area contributed by atoms with Crippen LogP contribution < -0.4 is 5.32 Å². The van der Waals surface area contributed by atoms with E-state index in [9.17, 15) is 9.18 Å². The van der Waals surface area contributed by atoms with E-state index in [0.29, 0.717) is 26.2 Å². The zero-order chi connectivity index (χ0) is 19.8. The minimum absolute atomic E-state index is 0.0416. The first-order chi connectivity index (χ1) is 14.2. The van der Waals surface area contributed by atoms with Crippen LogP contribution in [0.15, 0.2) is 48.5 Å². The van der Waals surface area contributed by atoms with Crippen molar-refractivity contribution in [3.63, 3.8) is 0 Å². The van der Waals surface area contributed by atoms with Gasteiger partial charge >= 0.3 is 6.03 Å². The van der Waals surface area contributed by atoms with Crippen LogP contribution in [0.2, 0.25) is 0 Å². The van der Waals surface area contributed by atoms with Crippen LogP contribution in [0.1, 0.15) is 29.2 Å². The molecule has 2 fully saturated rings. The largest absolute Gasteiger partial charge is 0.370 e. The number of nitrogens with zero attached hydrogens (tertiary/aromatic N) is 2. The lowest BCUT2D eigenvalue weighted by Crippen LogP contribution is -2.53. The van der Waals surface area contributed by atoms with Gasteiger partial charge in [0.25, 0.3) is 0 Å². The summed E-state index contributed by atoms with van der Waals surface area (Å²) in [5.41, 5.74) is 3.07. The van der Waals surface area contributed by atoms with E-state index in [4.69, 9.17) is 4.74 Å². The van der Waals surface area contributed by atoms with Crippen LogP contribution in [-0.4, -0.2) is 60.8 Å². The van der Waals surface area contributed by atoms with Gasteiger partial charge in [-0.3, -0.25) is 0 Å². The molecule has 2 saturated heterocycles. The summed E-state index contributed by atoms with van der Waals surface area (Å²) in [6, 6.07) is 14.6. The van der Waals surface area contributed by atoms with Crippen LogP contribution in [0.4, 0.5) is 9.18 Å². The van der Waals surface area contributed by atoms with E-state index in [1.54, 1.807) is 12.1 Å². The Hall–Kier alpha value is -2.44. The zero-order valence-corrected chi connectivity index (χ0v) is 16.4. The number of carbonyl (C=O) groups is 1. The number of halogens is 1. The lowest BCUT2D eigenvalue weighted by molar-refractivity contribution is -0.0559. The highest BCUT2D eigenvalue weighted by Crippen LogP contribution is 2.37. The van der Waals surface area contributed by atoms with Crippen LogP contribution >= 0.6 is 0 Å². The normalized spacial score (nSPS) is 26.6. The SMILES string of the molecule is O=C(N1CCC2(CNCCO2)C1)N1CCc2ccccc2[C@H]1c1ccc(F)cc1. The second kappa shape index (κ2) is 7.43. The Labute approximate surface area is 170 Å². The Bertz CT molecular complexity index is 895. The summed E-state index contributed by atoms with van der Waals surface area (Å²) in [6.07, 6.45) is 1.69. The van der Waals surface area contributed by atoms with Crippen molar-refractivity contribution in [2.45, 2.75) is 24.5 Å². The van der Waals surface area contributed by atoms with Gasteiger partial charge in [-0.2, -0.15) is 0 Å². The molecule has 3 aliphatic heterocycles. The number of amides is 2. The number of rotatable bonds is 1. The predicted molar refractivity (Wildman–Crippen MR) is 108 cm³/mol. The fraction of sp³-hybridized carbons (Fsp3) is 0.435. The summed E-state index contributed by atoms with van der Waals surface area (Å²) in [5, 5.41) is 3.40. The van der Waals surface area contributed by atoms with Gasteiger partial charge in [0.15, 0.2) is 0 Å². The standard InChI is InChI=1S/C23H26FN3O2/c24-19-7-5-18(6-8-19)21-20-4-2-1-3-17(20)9-12-27(21)22(28)26-13-10-23(16-26)15-25-11-14-29-23/h1-8,21,25H,9-16H2/t21-,23?/m1/s1. The van der Waals surface area contributed by atoms with Crippen molar-refractivity contribution in [3.8, 4) is 0 Å². The summed E-state index contributed by atoms with van der Waals surface area (Å²) in [7, 11) is 0. The fourth-order valence-electron chi connectivity index (χ4n) is 4.94. The highest BCUT2D eigenvalue weighted by atomic mass is 19.1. The van der Waals surface area contributed by atoms with E-state index in [1.165, 1.54) is 17.7 Å². The second-order valence-corrected chi connectivity index (χ2v) is 8.26. The molecule has 2 atom stereocenters. The average Bonchev–Trinajstić information content (AvgIpc) is 3.17. The molecule has 3 aliphatic rings. The number of fused-ring (bicyclic) bond motifs is 1. The molecular formula is C23H26FN3O2. The molecule has 2 aromatic rings. The minimum Gasteiger partial charge on any atom is -0.370 e. The van der Waals surface area contributed by atoms with Gasteiger partial charge in [-0.15, -0.1) is 0 Å². The number of nitrogens with one attached hydrogen (secondary N) is 1. The summed E-state index contributed by atoms with van der Waals surface area (Å²) in [4.78, 5) is 17.5. The van der Waals surface area contributed by atoms with Crippen molar-refractivity contribution in [3.05, 3.63) is 71.0 Å². The van der Waals surface area contributed by atoms with Gasteiger partial charge in [0.1, 0.15) is 5.82 Å². The molecule has 0 bridgehead atoms. The number of ether oxygens (including phenoxy) is 1. The van der Waals surface area contributed by atoms with Gasteiger partial charge in [-0.25, -0.2) is 9.18 Å². The number of morpholine rings is 1. The molecule has 1 unspecified atom stereocenters. The first kappa shape index (κ1) is 18.6. The number of hydrogen-bond donors (Lipinski definition) is 1. The van der Waals surface area contributed by atoms with Crippen molar-refractivity contribution in [1.29, 1.82) is 0 Å². The van der Waals surface area contributed by atoms with Crippen molar-refractivity contribution >= 4 is 6.03 Å². The zero-order valence-electron chi connectivity index (χ0n) is 16.4. The molecule has 2 aromatic carbocycles. The highest BCUT2D eigenvalue weighted by Gasteiger charge is 2.44. The lowest BCUT2D eigenvalue weighted by Gasteiger charge is -2.40. The average molecular weight is 395 g/mol. The van der Waals surface area contributed by atoms with E-state index in [2.05, 4.69) is 17.4 Å². The van der Waals surface area contributed by atoms with Gasteiger partial charge < -0.3 is 19.9 Å². The maximum atomic E-state index is 13.6. The molecule has 5 nitrogen and oxygen atoms in total. The van der Waals surface area contributed by atoms with E-state index < -0.39 is 0 Å². The Morgan fingerprint density at radius 1 is 1.14 bits per heavy atom. The van der Waals surface area contributed by atoms with Crippen LogP contribution in [0, 0.1) is 5.82 Å². The third kappa shape index (κ3) is 3.40. The topological polar surface area (TPSA) is 44.8 Å². The number of benzene rings is 2. The van der Waals surface area contributed by atoms with E-state index in [1.807, 2.05) is 21.9 Å². The molecule has 152 valence electrons. The maximum absolute atomic E-state index is 13.6. The van der Waals surface area contributed by atoms with E-state index in [0.717, 1.165) is 37.1 Å². The quantitative estimate of drug-likeness (QED) is 0.808. The number of carbonyl (C=O) groups excluding carboxylic acids is 1. The number of likely N-dealkylation sites (tertiary alicyclic amines) is 1. The van der Waals surface area contributed by atoms with Crippen LogP contribution in [0.3, 0.4) is 0 Å². The molecule has 1 spiro atoms. The first-order valence-corrected chi connectivity index (χ1v) is 10.4. The van der Waals surface area contributed by atoms with Gasteiger partial charge in [-0.05, 0) is 41.7 Å². The molecule has 0 aliphatic carbocycles. The smallest absolute Gasteiger partial charge is 0.320 e. The Morgan fingerprint density at radius 3 is 2.76 bits per heavy atom. The van der Waals surface area contributed by atoms with Gasteiger partial charge in [0, 0.05) is 26.2 Å². The van der Waals surface area contributed by atoms with E-state index in [-0.39, 0.29) is 23.5 Å². The summed E-state index contributed by atoms with van der Waals surface area (Å²) in [6.45, 7) is 4.33. The molecule has 2 amide bonds. The molecule has 0 radical (unpaired) electrons. The minimum atomic E-state index is -0.265. The predicted octanol–water partition coefficient (Wildman–Crippen LogP) is 2.96. The lowest BCUT2D eigenvalue weighted by atomic mass is 9.88. The third-order valence-electron chi connectivity index (χ3n) is 6.44. The van der Waals surface area contributed by atoms with Crippen molar-refractivity contribution in [1.82, 2.24) is 15.1 Å².